The number of hydrogen-bond acceptors (Lipinski definition) is 4. The lowest BCUT2D eigenvalue weighted by atomic mass is 9.84. The predicted molar refractivity (Wildman–Crippen MR) is 86.1 cm³/mol. The van der Waals surface area contributed by atoms with Gasteiger partial charge in [-0.15, -0.1) is 0 Å². The molecule has 0 aromatic rings. The van der Waals surface area contributed by atoms with Crippen LogP contribution in [0.15, 0.2) is 0 Å². The van der Waals surface area contributed by atoms with Crippen LogP contribution in [0.2, 0.25) is 0 Å². The highest BCUT2D eigenvalue weighted by molar-refractivity contribution is 5.79. The maximum Gasteiger partial charge on any atom is 0.227 e. The van der Waals surface area contributed by atoms with E-state index in [0.29, 0.717) is 6.54 Å². The van der Waals surface area contributed by atoms with Gasteiger partial charge in [0, 0.05) is 39.8 Å². The first kappa shape index (κ1) is 18.4. The predicted octanol–water partition coefficient (Wildman–Crippen LogP) is 1.18. The third-order valence-electron chi connectivity index (χ3n) is 4.00. The Morgan fingerprint density at radius 3 is 2.52 bits per heavy atom. The van der Waals surface area contributed by atoms with Gasteiger partial charge in [-0.3, -0.25) is 9.69 Å². The molecule has 0 saturated carbocycles. The largest absolute Gasteiger partial charge is 0.383 e. The molecule has 1 unspecified atom stereocenters. The Labute approximate surface area is 129 Å². The zero-order chi connectivity index (χ0) is 15.9. The van der Waals surface area contributed by atoms with Crippen LogP contribution in [0.25, 0.3) is 0 Å². The second kappa shape index (κ2) is 8.71. The van der Waals surface area contributed by atoms with Crippen LogP contribution in [-0.4, -0.2) is 68.7 Å². The van der Waals surface area contributed by atoms with E-state index < -0.39 is 0 Å². The molecule has 0 aromatic heterocycles. The van der Waals surface area contributed by atoms with Crippen LogP contribution in [0.5, 0.6) is 0 Å². The average Bonchev–Trinajstić information content (AvgIpc) is 2.66. The number of nitrogens with zero attached hydrogens (tertiary/aromatic N) is 2. The van der Waals surface area contributed by atoms with Crippen molar-refractivity contribution in [3.05, 3.63) is 0 Å². The zero-order valence-corrected chi connectivity index (χ0v) is 14.2. The molecule has 1 amide bonds. The summed E-state index contributed by atoms with van der Waals surface area (Å²) < 4.78 is 5.13. The number of nitrogens with two attached hydrogens (primary N) is 1. The summed E-state index contributed by atoms with van der Waals surface area (Å²) in [6.07, 6.45) is 1.88. The van der Waals surface area contributed by atoms with Gasteiger partial charge >= 0.3 is 0 Å². The van der Waals surface area contributed by atoms with Gasteiger partial charge < -0.3 is 15.4 Å². The summed E-state index contributed by atoms with van der Waals surface area (Å²) in [5.41, 5.74) is 5.98. The standard InChI is InChI=1S/C16H33N3O2/c1-16(2,3)12-14(13-17)15(20)19-7-5-6-18(8-9-19)10-11-21-4/h14H,5-13,17H2,1-4H3. The van der Waals surface area contributed by atoms with E-state index in [4.69, 9.17) is 10.5 Å². The Morgan fingerprint density at radius 1 is 1.24 bits per heavy atom. The molecule has 2 N–H and O–H groups in total. The molecule has 5 nitrogen and oxygen atoms in total. The number of rotatable bonds is 6. The average molecular weight is 299 g/mol. The monoisotopic (exact) mass is 299 g/mol. The normalized spacial score (nSPS) is 19.4. The summed E-state index contributed by atoms with van der Waals surface area (Å²) in [6.45, 7) is 12.3. The highest BCUT2D eigenvalue weighted by atomic mass is 16.5. The lowest BCUT2D eigenvalue weighted by Gasteiger charge is -2.29. The molecule has 1 aliphatic heterocycles. The topological polar surface area (TPSA) is 58.8 Å². The van der Waals surface area contributed by atoms with Crippen LogP contribution in [0, 0.1) is 11.3 Å². The van der Waals surface area contributed by atoms with E-state index in [2.05, 4.69) is 25.7 Å². The number of methoxy groups -OCH3 is 1. The molecular formula is C16H33N3O2. The van der Waals surface area contributed by atoms with Crippen molar-refractivity contribution in [2.45, 2.75) is 33.6 Å². The van der Waals surface area contributed by atoms with Gasteiger partial charge in [0.1, 0.15) is 0 Å². The third-order valence-corrected chi connectivity index (χ3v) is 4.00. The molecule has 0 aliphatic carbocycles. The van der Waals surface area contributed by atoms with E-state index in [-0.39, 0.29) is 17.2 Å². The fourth-order valence-electron chi connectivity index (χ4n) is 2.90. The number of hydrogen-bond donors (Lipinski definition) is 1. The lowest BCUT2D eigenvalue weighted by Crippen LogP contribution is -2.42. The summed E-state index contributed by atoms with van der Waals surface area (Å²) in [5.74, 6) is 0.191. The maximum absolute atomic E-state index is 12.7. The second-order valence-electron chi connectivity index (χ2n) is 7.21. The molecule has 21 heavy (non-hydrogen) atoms. The van der Waals surface area contributed by atoms with Crippen molar-refractivity contribution < 1.29 is 9.53 Å². The Bertz CT molecular complexity index is 315. The fourth-order valence-corrected chi connectivity index (χ4v) is 2.90. The Balaban J connectivity index is 2.53. The number of ether oxygens (including phenoxy) is 1. The molecule has 0 radical (unpaired) electrons. The van der Waals surface area contributed by atoms with E-state index in [1.165, 1.54) is 0 Å². The molecule has 1 aliphatic rings. The van der Waals surface area contributed by atoms with Crippen molar-refractivity contribution in [2.75, 3.05) is 53.0 Å². The van der Waals surface area contributed by atoms with E-state index in [9.17, 15) is 4.79 Å². The summed E-state index contributed by atoms with van der Waals surface area (Å²) in [7, 11) is 1.73. The van der Waals surface area contributed by atoms with Crippen molar-refractivity contribution >= 4 is 5.91 Å². The maximum atomic E-state index is 12.7. The van der Waals surface area contributed by atoms with Crippen LogP contribution in [-0.2, 0) is 9.53 Å². The van der Waals surface area contributed by atoms with Gasteiger partial charge in [-0.05, 0) is 24.8 Å². The van der Waals surface area contributed by atoms with E-state index in [1.54, 1.807) is 7.11 Å². The molecule has 1 saturated heterocycles. The molecule has 1 atom stereocenters. The summed E-state index contributed by atoms with van der Waals surface area (Å²) in [4.78, 5) is 17.1. The minimum atomic E-state index is -0.0458. The second-order valence-corrected chi connectivity index (χ2v) is 7.21. The van der Waals surface area contributed by atoms with Gasteiger partial charge in [-0.1, -0.05) is 20.8 Å². The molecule has 0 spiro atoms. The Hall–Kier alpha value is -0.650. The van der Waals surface area contributed by atoms with Crippen molar-refractivity contribution in [2.24, 2.45) is 17.1 Å². The van der Waals surface area contributed by atoms with E-state index >= 15 is 0 Å². The molecule has 5 heteroatoms. The summed E-state index contributed by atoms with van der Waals surface area (Å²) >= 11 is 0. The third kappa shape index (κ3) is 6.76. The van der Waals surface area contributed by atoms with E-state index in [0.717, 1.165) is 52.2 Å². The molecule has 0 aromatic carbocycles. The van der Waals surface area contributed by atoms with Gasteiger partial charge in [0.05, 0.1) is 12.5 Å². The Kier molecular flexibility index (Phi) is 7.63. The zero-order valence-electron chi connectivity index (χ0n) is 14.2. The molecular weight excluding hydrogens is 266 g/mol. The van der Waals surface area contributed by atoms with Gasteiger partial charge in [0.2, 0.25) is 5.91 Å². The SMILES string of the molecule is COCCN1CCCN(C(=O)C(CN)CC(C)(C)C)CC1. The highest BCUT2D eigenvalue weighted by Crippen LogP contribution is 2.25. The van der Waals surface area contributed by atoms with Crippen molar-refractivity contribution in [3.8, 4) is 0 Å². The highest BCUT2D eigenvalue weighted by Gasteiger charge is 2.28. The summed E-state index contributed by atoms with van der Waals surface area (Å²) in [6, 6.07) is 0. The van der Waals surface area contributed by atoms with Crippen LogP contribution < -0.4 is 5.73 Å². The number of carbonyl (C=O) groups excluding carboxylic acids is 1. The first-order chi connectivity index (χ1) is 9.87. The minimum absolute atomic E-state index is 0.0458. The first-order valence-electron chi connectivity index (χ1n) is 8.07. The number of carbonyl (C=O) groups is 1. The lowest BCUT2D eigenvalue weighted by molar-refractivity contribution is -0.136. The van der Waals surface area contributed by atoms with Gasteiger partial charge in [-0.25, -0.2) is 0 Å². The Morgan fingerprint density at radius 2 is 1.95 bits per heavy atom. The molecule has 0 bridgehead atoms. The van der Waals surface area contributed by atoms with Gasteiger partial charge in [-0.2, -0.15) is 0 Å². The van der Waals surface area contributed by atoms with Crippen molar-refractivity contribution in [3.63, 3.8) is 0 Å². The van der Waals surface area contributed by atoms with Crippen LogP contribution >= 0.6 is 0 Å². The van der Waals surface area contributed by atoms with Crippen LogP contribution in [0.1, 0.15) is 33.6 Å². The smallest absolute Gasteiger partial charge is 0.227 e. The molecule has 1 rings (SSSR count). The quantitative estimate of drug-likeness (QED) is 0.800. The van der Waals surface area contributed by atoms with Crippen molar-refractivity contribution in [1.82, 2.24) is 9.80 Å². The summed E-state index contributed by atoms with van der Waals surface area (Å²) in [5, 5.41) is 0. The first-order valence-corrected chi connectivity index (χ1v) is 8.07. The minimum Gasteiger partial charge on any atom is -0.383 e. The van der Waals surface area contributed by atoms with Crippen LogP contribution in [0.4, 0.5) is 0 Å². The molecule has 124 valence electrons. The van der Waals surface area contributed by atoms with Gasteiger partial charge in [0.25, 0.3) is 0 Å². The molecule has 1 heterocycles. The number of amides is 1. The van der Waals surface area contributed by atoms with Crippen molar-refractivity contribution in [1.29, 1.82) is 0 Å². The van der Waals surface area contributed by atoms with E-state index in [1.807, 2.05) is 4.90 Å². The van der Waals surface area contributed by atoms with Gasteiger partial charge in [0.15, 0.2) is 0 Å². The van der Waals surface area contributed by atoms with Crippen LogP contribution in [0.3, 0.4) is 0 Å². The fraction of sp³-hybridized carbons (Fsp3) is 0.938. The molecule has 1 fully saturated rings.